The Morgan fingerprint density at radius 2 is 1.95 bits per heavy atom. The van der Waals surface area contributed by atoms with E-state index in [0.717, 1.165) is 18.5 Å². The quantitative estimate of drug-likeness (QED) is 0.795. The summed E-state index contributed by atoms with van der Waals surface area (Å²) >= 11 is 0. The first-order chi connectivity index (χ1) is 10.0. The van der Waals surface area contributed by atoms with Crippen LogP contribution in [0.3, 0.4) is 0 Å². The normalized spacial score (nSPS) is 17.7. The van der Waals surface area contributed by atoms with E-state index in [1.165, 1.54) is 7.11 Å². The molecule has 0 bridgehead atoms. The summed E-state index contributed by atoms with van der Waals surface area (Å²) in [5.41, 5.74) is 1.72. The summed E-state index contributed by atoms with van der Waals surface area (Å²) < 4.78 is 4.71. The van der Waals surface area contributed by atoms with Gasteiger partial charge < -0.3 is 14.5 Å². The van der Waals surface area contributed by atoms with Crippen molar-refractivity contribution in [3.8, 4) is 0 Å². The van der Waals surface area contributed by atoms with Gasteiger partial charge in [0.05, 0.1) is 13.5 Å². The lowest BCUT2D eigenvalue weighted by atomic mass is 10.1. The zero-order valence-electron chi connectivity index (χ0n) is 12.8. The maximum Gasteiger partial charge on any atom is 0.307 e. The van der Waals surface area contributed by atoms with Crippen LogP contribution in [-0.4, -0.2) is 50.6 Å². The number of rotatable bonds is 4. The van der Waals surface area contributed by atoms with Gasteiger partial charge in [-0.1, -0.05) is 0 Å². The number of carbonyl (C=O) groups excluding carboxylic acids is 2. The Bertz CT molecular complexity index is 511. The highest BCUT2D eigenvalue weighted by atomic mass is 16.5. The predicted molar refractivity (Wildman–Crippen MR) is 81.5 cm³/mol. The topological polar surface area (TPSA) is 49.9 Å². The molecule has 1 atom stereocenters. The summed E-state index contributed by atoms with van der Waals surface area (Å²) in [5, 5.41) is 0. The van der Waals surface area contributed by atoms with E-state index in [4.69, 9.17) is 4.74 Å². The molecule has 1 fully saturated rings. The number of amides is 1. The van der Waals surface area contributed by atoms with Crippen molar-refractivity contribution in [2.75, 3.05) is 32.6 Å². The molecule has 114 valence electrons. The molecule has 1 aromatic rings. The monoisotopic (exact) mass is 290 g/mol. The molecule has 0 N–H and O–H groups in total. The minimum atomic E-state index is -0.261. The van der Waals surface area contributed by atoms with Crippen LogP contribution in [0.2, 0.25) is 0 Å². The van der Waals surface area contributed by atoms with Gasteiger partial charge in [0.25, 0.3) is 5.91 Å². The largest absolute Gasteiger partial charge is 0.469 e. The van der Waals surface area contributed by atoms with Gasteiger partial charge in [0, 0.05) is 37.9 Å². The van der Waals surface area contributed by atoms with Gasteiger partial charge in [-0.2, -0.15) is 0 Å². The van der Waals surface area contributed by atoms with E-state index in [-0.39, 0.29) is 24.3 Å². The molecule has 1 aliphatic heterocycles. The van der Waals surface area contributed by atoms with E-state index < -0.39 is 0 Å². The SMILES string of the molecule is COC(=O)C[C@@H]1CCCN1C(=O)c1ccc(N(C)C)cc1. The molecule has 0 saturated carbocycles. The fourth-order valence-corrected chi connectivity index (χ4v) is 2.66. The second-order valence-corrected chi connectivity index (χ2v) is 5.52. The lowest BCUT2D eigenvalue weighted by Crippen LogP contribution is -2.37. The van der Waals surface area contributed by atoms with Crippen molar-refractivity contribution in [1.82, 2.24) is 4.90 Å². The van der Waals surface area contributed by atoms with Gasteiger partial charge in [0.2, 0.25) is 0 Å². The van der Waals surface area contributed by atoms with Gasteiger partial charge in [-0.05, 0) is 37.1 Å². The molecule has 5 nitrogen and oxygen atoms in total. The summed E-state index contributed by atoms with van der Waals surface area (Å²) in [4.78, 5) is 27.8. The lowest BCUT2D eigenvalue weighted by Gasteiger charge is -2.24. The third kappa shape index (κ3) is 3.54. The van der Waals surface area contributed by atoms with E-state index in [1.54, 1.807) is 4.90 Å². The molecule has 0 aliphatic carbocycles. The van der Waals surface area contributed by atoms with Gasteiger partial charge in [0.1, 0.15) is 0 Å². The Labute approximate surface area is 125 Å². The highest BCUT2D eigenvalue weighted by Gasteiger charge is 2.31. The van der Waals surface area contributed by atoms with E-state index in [2.05, 4.69) is 0 Å². The van der Waals surface area contributed by atoms with E-state index in [1.807, 2.05) is 43.3 Å². The van der Waals surface area contributed by atoms with Crippen molar-refractivity contribution in [3.63, 3.8) is 0 Å². The Morgan fingerprint density at radius 3 is 2.52 bits per heavy atom. The van der Waals surface area contributed by atoms with Crippen LogP contribution in [0, 0.1) is 0 Å². The van der Waals surface area contributed by atoms with Crippen molar-refractivity contribution in [2.45, 2.75) is 25.3 Å². The molecule has 1 amide bonds. The molecule has 0 spiro atoms. The molecule has 5 heteroatoms. The summed E-state index contributed by atoms with van der Waals surface area (Å²) in [5.74, 6) is -0.269. The van der Waals surface area contributed by atoms with Gasteiger partial charge in [-0.15, -0.1) is 0 Å². The van der Waals surface area contributed by atoms with Crippen molar-refractivity contribution in [3.05, 3.63) is 29.8 Å². The molecular formula is C16H22N2O3. The van der Waals surface area contributed by atoms with E-state index in [0.29, 0.717) is 12.1 Å². The summed E-state index contributed by atoms with van der Waals surface area (Å²) in [6.07, 6.45) is 2.07. The van der Waals surface area contributed by atoms with Crippen LogP contribution in [0.5, 0.6) is 0 Å². The zero-order chi connectivity index (χ0) is 15.4. The number of ether oxygens (including phenoxy) is 1. The first-order valence-electron chi connectivity index (χ1n) is 7.18. The number of likely N-dealkylation sites (tertiary alicyclic amines) is 1. The van der Waals surface area contributed by atoms with Crippen molar-refractivity contribution >= 4 is 17.6 Å². The lowest BCUT2D eigenvalue weighted by molar-refractivity contribution is -0.141. The first kappa shape index (κ1) is 15.4. The minimum absolute atomic E-state index is 0.00768. The van der Waals surface area contributed by atoms with Crippen LogP contribution in [-0.2, 0) is 9.53 Å². The number of hydrogen-bond donors (Lipinski definition) is 0. The number of anilines is 1. The van der Waals surface area contributed by atoms with Crippen molar-refractivity contribution in [2.24, 2.45) is 0 Å². The highest BCUT2D eigenvalue weighted by Crippen LogP contribution is 2.23. The summed E-state index contributed by atoms with van der Waals surface area (Å²) in [6.45, 7) is 0.704. The molecule has 1 aliphatic rings. The van der Waals surface area contributed by atoms with Gasteiger partial charge in [0.15, 0.2) is 0 Å². The number of nitrogens with zero attached hydrogens (tertiary/aromatic N) is 2. The third-order valence-electron chi connectivity index (χ3n) is 3.90. The van der Waals surface area contributed by atoms with Crippen LogP contribution in [0.25, 0.3) is 0 Å². The number of methoxy groups -OCH3 is 1. The minimum Gasteiger partial charge on any atom is -0.469 e. The molecule has 21 heavy (non-hydrogen) atoms. The van der Waals surface area contributed by atoms with Gasteiger partial charge >= 0.3 is 5.97 Å². The average molecular weight is 290 g/mol. The smallest absolute Gasteiger partial charge is 0.307 e. The maximum atomic E-state index is 12.6. The molecule has 0 aromatic heterocycles. The highest BCUT2D eigenvalue weighted by molar-refractivity contribution is 5.95. The van der Waals surface area contributed by atoms with Crippen molar-refractivity contribution in [1.29, 1.82) is 0 Å². The Morgan fingerprint density at radius 1 is 1.29 bits per heavy atom. The summed E-state index contributed by atoms with van der Waals surface area (Å²) in [7, 11) is 5.30. The van der Waals surface area contributed by atoms with Crippen molar-refractivity contribution < 1.29 is 14.3 Å². The molecule has 1 saturated heterocycles. The number of benzene rings is 1. The van der Waals surface area contributed by atoms with Crippen LogP contribution < -0.4 is 4.90 Å². The molecule has 0 unspecified atom stereocenters. The predicted octanol–water partition coefficient (Wildman–Crippen LogP) is 1.92. The molecule has 1 aromatic carbocycles. The van der Waals surface area contributed by atoms with Crippen LogP contribution >= 0.6 is 0 Å². The fraction of sp³-hybridized carbons (Fsp3) is 0.500. The number of carbonyl (C=O) groups is 2. The molecule has 1 heterocycles. The zero-order valence-corrected chi connectivity index (χ0v) is 12.8. The third-order valence-corrected chi connectivity index (χ3v) is 3.90. The fourth-order valence-electron chi connectivity index (χ4n) is 2.66. The van der Waals surface area contributed by atoms with Crippen LogP contribution in [0.15, 0.2) is 24.3 Å². The number of esters is 1. The average Bonchev–Trinajstić information content (AvgIpc) is 2.94. The van der Waals surface area contributed by atoms with E-state index >= 15 is 0 Å². The summed E-state index contributed by atoms with van der Waals surface area (Å²) in [6, 6.07) is 7.49. The second-order valence-electron chi connectivity index (χ2n) is 5.52. The Balaban J connectivity index is 2.09. The van der Waals surface area contributed by atoms with Crippen LogP contribution in [0.4, 0.5) is 5.69 Å². The molecule has 2 rings (SSSR count). The van der Waals surface area contributed by atoms with Gasteiger partial charge in [-0.3, -0.25) is 9.59 Å². The first-order valence-corrected chi connectivity index (χ1v) is 7.18. The van der Waals surface area contributed by atoms with E-state index in [9.17, 15) is 9.59 Å². The van der Waals surface area contributed by atoms with Crippen LogP contribution in [0.1, 0.15) is 29.6 Å². The molecule has 0 radical (unpaired) electrons. The maximum absolute atomic E-state index is 12.6. The Hall–Kier alpha value is -2.04. The Kier molecular flexibility index (Phi) is 4.83. The van der Waals surface area contributed by atoms with Gasteiger partial charge in [-0.25, -0.2) is 0 Å². The molecular weight excluding hydrogens is 268 g/mol. The second kappa shape index (κ2) is 6.61. The number of hydrogen-bond acceptors (Lipinski definition) is 4. The standard InChI is InChI=1S/C16H22N2O3/c1-17(2)13-8-6-12(7-9-13)16(20)18-10-4-5-14(18)11-15(19)21-3/h6-9,14H,4-5,10-11H2,1-3H3/t14-/m0/s1.